The number of carbonyl (C=O) groups is 2. The minimum Gasteiger partial charge on any atom is -0.507 e. The molecule has 1 amide bonds. The molecule has 0 aliphatic carbocycles. The van der Waals surface area contributed by atoms with E-state index in [0.29, 0.717) is 51.5 Å². The van der Waals surface area contributed by atoms with Crippen LogP contribution in [0.1, 0.15) is 55.8 Å². The van der Waals surface area contributed by atoms with Crippen LogP contribution in [0.15, 0.2) is 82.7 Å². The van der Waals surface area contributed by atoms with E-state index < -0.39 is 17.7 Å². The summed E-state index contributed by atoms with van der Waals surface area (Å²) in [6.45, 7) is 5.00. The molecule has 1 aliphatic heterocycles. The van der Waals surface area contributed by atoms with E-state index in [9.17, 15) is 19.1 Å². The minimum atomic E-state index is -0.988. The van der Waals surface area contributed by atoms with Gasteiger partial charge >= 0.3 is 5.91 Å². The average molecular weight is 634 g/mol. The standard InChI is InChI=1S/C33H32FN3O5S2/c1-3-5-8-18-42-25-12-9-11-22(19-25)28-27(29(38)21-14-16-24(17-15-21)41-4-2)30(39)31(40)37(28)32-35-36-33(44-32)43-20-23-10-6-7-13-26(23)34/h6-7,9-17,19,28,38H,3-5,8,18,20H2,1-2H3/b29-27+. The SMILES string of the molecule is CCCCCOc1cccc(C2/C(=C(\O)c3ccc(OCC)cc3)C(=O)C(=O)N2c2nnc(SCc3ccccc3F)s2)c1. The lowest BCUT2D eigenvalue weighted by molar-refractivity contribution is -0.132. The molecule has 3 aromatic carbocycles. The third-order valence-corrected chi connectivity index (χ3v) is 9.09. The van der Waals surface area contributed by atoms with Gasteiger partial charge in [0.05, 0.1) is 24.8 Å². The number of thioether (sulfide) groups is 1. The fourth-order valence-corrected chi connectivity index (χ4v) is 6.66. The summed E-state index contributed by atoms with van der Waals surface area (Å²) in [6.07, 6.45) is 3.00. The zero-order chi connectivity index (χ0) is 31.1. The largest absolute Gasteiger partial charge is 0.507 e. The van der Waals surface area contributed by atoms with Crippen molar-refractivity contribution in [2.45, 2.75) is 49.2 Å². The zero-order valence-corrected chi connectivity index (χ0v) is 26.0. The van der Waals surface area contributed by atoms with E-state index in [1.54, 1.807) is 60.7 Å². The summed E-state index contributed by atoms with van der Waals surface area (Å²) in [6, 6.07) is 19.3. The van der Waals surface area contributed by atoms with Gasteiger partial charge in [0.2, 0.25) is 5.13 Å². The molecule has 1 atom stereocenters. The molecule has 1 unspecified atom stereocenters. The molecule has 228 valence electrons. The number of rotatable bonds is 13. The second-order valence-electron chi connectivity index (χ2n) is 9.99. The maximum atomic E-state index is 14.2. The van der Waals surface area contributed by atoms with Crippen LogP contribution in [0, 0.1) is 5.82 Å². The normalized spacial score (nSPS) is 16.0. The number of halogens is 1. The lowest BCUT2D eigenvalue weighted by Gasteiger charge is -2.23. The second-order valence-corrected chi connectivity index (χ2v) is 12.2. The number of aromatic nitrogens is 2. The highest BCUT2D eigenvalue weighted by molar-refractivity contribution is 8.00. The number of hydrogen-bond donors (Lipinski definition) is 1. The molecule has 1 saturated heterocycles. The molecule has 5 rings (SSSR count). The first-order valence-electron chi connectivity index (χ1n) is 14.4. The third-order valence-electron chi connectivity index (χ3n) is 6.98. The van der Waals surface area contributed by atoms with Crippen LogP contribution in [0.4, 0.5) is 9.52 Å². The number of anilines is 1. The molecule has 44 heavy (non-hydrogen) atoms. The number of aliphatic hydroxyl groups is 1. The number of hydrogen-bond acceptors (Lipinski definition) is 9. The van der Waals surface area contributed by atoms with Gasteiger partial charge in [-0.25, -0.2) is 4.39 Å². The molecule has 2 heterocycles. The van der Waals surface area contributed by atoms with Gasteiger partial charge < -0.3 is 14.6 Å². The summed E-state index contributed by atoms with van der Waals surface area (Å²) in [5.41, 5.74) is 1.38. The number of amides is 1. The predicted octanol–water partition coefficient (Wildman–Crippen LogP) is 7.56. The molecular formula is C33H32FN3O5S2. The van der Waals surface area contributed by atoms with E-state index in [2.05, 4.69) is 17.1 Å². The summed E-state index contributed by atoms with van der Waals surface area (Å²) in [4.78, 5) is 28.5. The third kappa shape index (κ3) is 6.95. The van der Waals surface area contributed by atoms with Crippen LogP contribution >= 0.6 is 23.1 Å². The van der Waals surface area contributed by atoms with Gasteiger partial charge in [-0.2, -0.15) is 0 Å². The van der Waals surface area contributed by atoms with E-state index in [4.69, 9.17) is 9.47 Å². The van der Waals surface area contributed by atoms with Crippen LogP contribution in [0.25, 0.3) is 5.76 Å². The molecule has 0 spiro atoms. The highest BCUT2D eigenvalue weighted by Gasteiger charge is 2.48. The van der Waals surface area contributed by atoms with Crippen LogP contribution in [-0.2, 0) is 15.3 Å². The van der Waals surface area contributed by atoms with Gasteiger partial charge in [0, 0.05) is 11.3 Å². The predicted molar refractivity (Wildman–Crippen MR) is 170 cm³/mol. The number of aliphatic hydroxyl groups excluding tert-OH is 1. The van der Waals surface area contributed by atoms with Crippen LogP contribution in [-0.4, -0.2) is 40.2 Å². The van der Waals surface area contributed by atoms with Crippen LogP contribution in [0.3, 0.4) is 0 Å². The van der Waals surface area contributed by atoms with Crippen molar-refractivity contribution in [1.82, 2.24) is 10.2 Å². The topological polar surface area (TPSA) is 102 Å². The Bertz CT molecular complexity index is 1660. The molecule has 0 saturated carbocycles. The molecule has 0 radical (unpaired) electrons. The van der Waals surface area contributed by atoms with Crippen molar-refractivity contribution in [3.8, 4) is 11.5 Å². The Labute approximate surface area is 263 Å². The van der Waals surface area contributed by atoms with Gasteiger partial charge in [0.1, 0.15) is 23.1 Å². The molecule has 4 aromatic rings. The van der Waals surface area contributed by atoms with Crippen molar-refractivity contribution in [1.29, 1.82) is 0 Å². The highest BCUT2D eigenvalue weighted by atomic mass is 32.2. The van der Waals surface area contributed by atoms with Crippen LogP contribution < -0.4 is 14.4 Å². The monoisotopic (exact) mass is 633 g/mol. The number of ketones is 1. The summed E-state index contributed by atoms with van der Waals surface area (Å²) >= 11 is 2.40. The Morgan fingerprint density at radius 3 is 2.52 bits per heavy atom. The zero-order valence-electron chi connectivity index (χ0n) is 24.4. The van der Waals surface area contributed by atoms with Crippen LogP contribution in [0.5, 0.6) is 11.5 Å². The van der Waals surface area contributed by atoms with Crippen molar-refractivity contribution in [3.05, 3.63) is 101 Å². The van der Waals surface area contributed by atoms with Gasteiger partial charge in [0.15, 0.2) is 4.34 Å². The van der Waals surface area contributed by atoms with E-state index in [1.807, 2.05) is 13.0 Å². The van der Waals surface area contributed by atoms with Gasteiger partial charge in [-0.15, -0.1) is 10.2 Å². The van der Waals surface area contributed by atoms with Crippen molar-refractivity contribution in [2.75, 3.05) is 18.1 Å². The first-order chi connectivity index (χ1) is 21.4. The molecule has 1 N–H and O–H groups in total. The highest BCUT2D eigenvalue weighted by Crippen LogP contribution is 2.44. The Balaban J connectivity index is 1.52. The Morgan fingerprint density at radius 1 is 0.977 bits per heavy atom. The quantitative estimate of drug-likeness (QED) is 0.0402. The van der Waals surface area contributed by atoms with E-state index in [1.165, 1.54) is 22.7 Å². The maximum absolute atomic E-state index is 14.2. The molecule has 11 heteroatoms. The number of benzene rings is 3. The van der Waals surface area contributed by atoms with E-state index in [-0.39, 0.29) is 22.3 Å². The average Bonchev–Trinajstić information content (AvgIpc) is 3.61. The van der Waals surface area contributed by atoms with Crippen LogP contribution in [0.2, 0.25) is 0 Å². The van der Waals surface area contributed by atoms with Gasteiger partial charge in [0.25, 0.3) is 5.78 Å². The lowest BCUT2D eigenvalue weighted by Crippen LogP contribution is -2.29. The van der Waals surface area contributed by atoms with Gasteiger partial charge in [-0.05, 0) is 66.9 Å². The molecule has 1 aromatic heterocycles. The summed E-state index contributed by atoms with van der Waals surface area (Å²) in [7, 11) is 0. The molecule has 1 fully saturated rings. The Morgan fingerprint density at radius 2 is 1.77 bits per heavy atom. The summed E-state index contributed by atoms with van der Waals surface area (Å²) in [5, 5.41) is 20.1. The van der Waals surface area contributed by atoms with E-state index >= 15 is 0 Å². The molecular weight excluding hydrogens is 602 g/mol. The first-order valence-corrected chi connectivity index (χ1v) is 16.2. The summed E-state index contributed by atoms with van der Waals surface area (Å²) in [5.74, 6) is -0.788. The Hall–Kier alpha value is -4.22. The number of unbranched alkanes of at least 4 members (excludes halogenated alkanes) is 2. The summed E-state index contributed by atoms with van der Waals surface area (Å²) < 4.78 is 26.1. The van der Waals surface area contributed by atoms with Crippen molar-refractivity contribution in [3.63, 3.8) is 0 Å². The number of carbonyl (C=O) groups excluding carboxylic acids is 2. The van der Waals surface area contributed by atoms with Crippen molar-refractivity contribution >= 4 is 45.7 Å². The molecule has 8 nitrogen and oxygen atoms in total. The number of Topliss-reactive ketones (excluding diaryl/α,β-unsaturated/α-hetero) is 1. The second kappa shape index (κ2) is 14.5. The fourth-order valence-electron chi connectivity index (χ4n) is 4.81. The van der Waals surface area contributed by atoms with Gasteiger partial charge in [-0.1, -0.05) is 73.2 Å². The molecule has 1 aliphatic rings. The number of ether oxygens (including phenoxy) is 2. The van der Waals surface area contributed by atoms with Gasteiger partial charge in [-0.3, -0.25) is 14.5 Å². The molecule has 0 bridgehead atoms. The first kappa shape index (κ1) is 31.2. The van der Waals surface area contributed by atoms with E-state index in [0.717, 1.165) is 30.6 Å². The maximum Gasteiger partial charge on any atom is 0.301 e. The Kier molecular flexibility index (Phi) is 10.3. The minimum absolute atomic E-state index is 0.0712. The fraction of sp³-hybridized carbons (Fsp3) is 0.273. The smallest absolute Gasteiger partial charge is 0.301 e. The lowest BCUT2D eigenvalue weighted by atomic mass is 9.95. The van der Waals surface area contributed by atoms with Crippen molar-refractivity contribution < 1.29 is 28.6 Å². The van der Waals surface area contributed by atoms with Crippen molar-refractivity contribution in [2.24, 2.45) is 0 Å². The number of nitrogens with zero attached hydrogens (tertiary/aromatic N) is 3.